The van der Waals surface area contributed by atoms with E-state index in [9.17, 15) is 14.4 Å². The van der Waals surface area contributed by atoms with Crippen LogP contribution in [0.3, 0.4) is 0 Å². The number of rotatable bonds is 12. The van der Waals surface area contributed by atoms with Gasteiger partial charge in [0.25, 0.3) is 0 Å². The highest BCUT2D eigenvalue weighted by Crippen LogP contribution is 2.40. The zero-order valence-electron chi connectivity index (χ0n) is 21.0. The molecule has 0 saturated heterocycles. The van der Waals surface area contributed by atoms with Gasteiger partial charge in [-0.25, -0.2) is 0 Å². The van der Waals surface area contributed by atoms with Gasteiger partial charge in [-0.1, -0.05) is 36.4 Å². The lowest BCUT2D eigenvalue weighted by atomic mass is 9.71. The first-order valence-electron chi connectivity index (χ1n) is 12.1. The Kier molecular flexibility index (Phi) is 10.1. The maximum atomic E-state index is 11.8. The van der Waals surface area contributed by atoms with Gasteiger partial charge in [-0.05, 0) is 60.0 Å². The van der Waals surface area contributed by atoms with Crippen LogP contribution in [0.5, 0.6) is 17.2 Å². The number of carbonyl (C=O) groups is 3. The lowest BCUT2D eigenvalue weighted by Gasteiger charge is -2.32. The average molecular weight is 523 g/mol. The third kappa shape index (κ3) is 7.25. The molecule has 0 aliphatic rings. The number of aliphatic hydroxyl groups is 3. The van der Waals surface area contributed by atoms with E-state index in [4.69, 9.17) is 29.5 Å². The van der Waals surface area contributed by atoms with Crippen LogP contribution in [0, 0.1) is 0 Å². The maximum absolute atomic E-state index is 11.8. The highest BCUT2D eigenvalue weighted by Gasteiger charge is 2.31. The van der Waals surface area contributed by atoms with E-state index >= 15 is 0 Å². The first-order chi connectivity index (χ1) is 18.3. The van der Waals surface area contributed by atoms with E-state index < -0.39 is 23.3 Å². The molecule has 200 valence electrons. The molecular weight excluding hydrogens is 492 g/mol. The van der Waals surface area contributed by atoms with Crippen LogP contribution >= 0.6 is 0 Å². The summed E-state index contributed by atoms with van der Waals surface area (Å²) in [5.41, 5.74) is 1.84. The summed E-state index contributed by atoms with van der Waals surface area (Å²) >= 11 is 0. The molecule has 0 radical (unpaired) electrons. The quantitative estimate of drug-likeness (QED) is 0.186. The summed E-state index contributed by atoms with van der Waals surface area (Å²) in [6.45, 7) is 1.10. The van der Waals surface area contributed by atoms with E-state index in [1.165, 1.54) is 0 Å². The highest BCUT2D eigenvalue weighted by atomic mass is 16.5. The molecule has 38 heavy (non-hydrogen) atoms. The van der Waals surface area contributed by atoms with Crippen molar-refractivity contribution in [1.29, 1.82) is 0 Å². The van der Waals surface area contributed by atoms with Gasteiger partial charge in [0.1, 0.15) is 17.2 Å². The Labute approximate surface area is 220 Å². The smallest absolute Gasteiger partial charge is 0.313 e. The summed E-state index contributed by atoms with van der Waals surface area (Å²) in [6.07, 6.45) is -0.322. The number of benzene rings is 3. The Hall–Kier alpha value is -4.05. The second-order valence-electron chi connectivity index (χ2n) is 8.54. The first-order valence-corrected chi connectivity index (χ1v) is 12.1. The van der Waals surface area contributed by atoms with Crippen LogP contribution in [0.4, 0.5) is 0 Å². The summed E-state index contributed by atoms with van der Waals surface area (Å²) in [7, 11) is 0. The van der Waals surface area contributed by atoms with Gasteiger partial charge in [0.15, 0.2) is 0 Å². The van der Waals surface area contributed by atoms with Crippen molar-refractivity contribution in [2.24, 2.45) is 0 Å². The standard InChI is InChI=1S/C29H30O9/c1-29(20-2-8-23(9-3-20)36-26(33)14-17-30,21-4-10-24(11-5-21)37-27(34)15-18-31)22-6-12-25(13-7-22)38-28(35)16-19-32/h2-13,30-32H,14-19H2,1H3. The minimum Gasteiger partial charge on any atom is -0.426 e. The fourth-order valence-electron chi connectivity index (χ4n) is 3.89. The maximum Gasteiger partial charge on any atom is 0.313 e. The summed E-state index contributed by atoms with van der Waals surface area (Å²) in [6, 6.07) is 20.9. The molecule has 3 rings (SSSR count). The van der Waals surface area contributed by atoms with Crippen LogP contribution in [0.25, 0.3) is 0 Å². The second kappa shape index (κ2) is 13.5. The number of ether oxygens (including phenoxy) is 3. The first kappa shape index (κ1) is 28.5. The Balaban J connectivity index is 1.97. The number of hydrogen-bond donors (Lipinski definition) is 3. The summed E-state index contributed by atoms with van der Waals surface area (Å²) in [5.74, 6) is -0.604. The van der Waals surface area contributed by atoms with Crippen molar-refractivity contribution in [3.63, 3.8) is 0 Å². The number of esters is 3. The van der Waals surface area contributed by atoms with Crippen molar-refractivity contribution < 1.29 is 43.9 Å². The van der Waals surface area contributed by atoms with Crippen molar-refractivity contribution >= 4 is 17.9 Å². The van der Waals surface area contributed by atoms with Crippen molar-refractivity contribution in [2.75, 3.05) is 19.8 Å². The summed E-state index contributed by atoms with van der Waals surface area (Å²) < 4.78 is 15.7. The molecule has 3 aromatic carbocycles. The van der Waals surface area contributed by atoms with Gasteiger partial charge >= 0.3 is 17.9 Å². The number of hydrogen-bond acceptors (Lipinski definition) is 9. The van der Waals surface area contributed by atoms with Crippen molar-refractivity contribution in [1.82, 2.24) is 0 Å². The molecular formula is C29H30O9. The van der Waals surface area contributed by atoms with E-state index in [0.717, 1.165) is 16.7 Å². The molecule has 0 aromatic heterocycles. The van der Waals surface area contributed by atoms with Crippen LogP contribution in [0.15, 0.2) is 72.8 Å². The van der Waals surface area contributed by atoms with Crippen LogP contribution in [-0.2, 0) is 19.8 Å². The largest absolute Gasteiger partial charge is 0.426 e. The van der Waals surface area contributed by atoms with Crippen LogP contribution in [-0.4, -0.2) is 53.0 Å². The van der Waals surface area contributed by atoms with Gasteiger partial charge < -0.3 is 29.5 Å². The van der Waals surface area contributed by atoms with Crippen LogP contribution < -0.4 is 14.2 Å². The van der Waals surface area contributed by atoms with Gasteiger partial charge in [0, 0.05) is 5.41 Å². The molecule has 0 amide bonds. The Morgan fingerprint density at radius 1 is 0.526 bits per heavy atom. The molecule has 0 saturated carbocycles. The highest BCUT2D eigenvalue weighted by molar-refractivity contribution is 5.73. The van der Waals surface area contributed by atoms with Crippen molar-refractivity contribution in [3.8, 4) is 17.2 Å². The molecule has 9 nitrogen and oxygen atoms in total. The van der Waals surface area contributed by atoms with Crippen molar-refractivity contribution in [2.45, 2.75) is 31.6 Å². The fourth-order valence-corrected chi connectivity index (χ4v) is 3.89. The van der Waals surface area contributed by atoms with E-state index in [-0.39, 0.29) is 39.1 Å². The molecule has 9 heteroatoms. The molecule has 3 aromatic rings. The minimum atomic E-state index is -0.727. The van der Waals surface area contributed by atoms with E-state index in [1.54, 1.807) is 36.4 Å². The zero-order chi connectivity index (χ0) is 27.5. The predicted molar refractivity (Wildman–Crippen MR) is 137 cm³/mol. The van der Waals surface area contributed by atoms with E-state index in [0.29, 0.717) is 17.2 Å². The lowest BCUT2D eigenvalue weighted by Crippen LogP contribution is -2.25. The zero-order valence-corrected chi connectivity index (χ0v) is 21.0. The molecule has 0 atom stereocenters. The number of aliphatic hydroxyl groups excluding tert-OH is 3. The third-order valence-corrected chi connectivity index (χ3v) is 5.94. The molecule has 0 fully saturated rings. The van der Waals surface area contributed by atoms with Gasteiger partial charge in [0.2, 0.25) is 0 Å². The molecule has 0 heterocycles. The summed E-state index contributed by atoms with van der Waals surface area (Å²) in [5, 5.41) is 26.8. The van der Waals surface area contributed by atoms with Gasteiger partial charge in [-0.15, -0.1) is 0 Å². The molecule has 3 N–H and O–H groups in total. The molecule has 0 aliphatic heterocycles. The van der Waals surface area contributed by atoms with Crippen LogP contribution in [0.1, 0.15) is 42.9 Å². The molecule has 0 bridgehead atoms. The van der Waals surface area contributed by atoms with Gasteiger partial charge in [-0.3, -0.25) is 14.4 Å². The van der Waals surface area contributed by atoms with Gasteiger partial charge in [-0.2, -0.15) is 0 Å². The molecule has 0 spiro atoms. The average Bonchev–Trinajstić information content (AvgIpc) is 2.90. The third-order valence-electron chi connectivity index (χ3n) is 5.94. The lowest BCUT2D eigenvalue weighted by molar-refractivity contribution is -0.136. The second-order valence-corrected chi connectivity index (χ2v) is 8.54. The topological polar surface area (TPSA) is 140 Å². The molecule has 0 aliphatic carbocycles. The van der Waals surface area contributed by atoms with Gasteiger partial charge in [0.05, 0.1) is 39.1 Å². The van der Waals surface area contributed by atoms with E-state index in [2.05, 4.69) is 0 Å². The Morgan fingerprint density at radius 2 is 0.763 bits per heavy atom. The van der Waals surface area contributed by atoms with Crippen molar-refractivity contribution in [3.05, 3.63) is 89.5 Å². The summed E-state index contributed by atoms with van der Waals surface area (Å²) in [4.78, 5) is 35.3. The fraction of sp³-hybridized carbons (Fsp3) is 0.276. The Bertz CT molecular complexity index is 1060. The number of carbonyl (C=O) groups excluding carboxylic acids is 3. The minimum absolute atomic E-state index is 0.107. The SMILES string of the molecule is CC(c1ccc(OC(=O)CCO)cc1)(c1ccc(OC(=O)CCO)cc1)c1ccc(OC(=O)CCO)cc1. The monoisotopic (exact) mass is 522 g/mol. The van der Waals surface area contributed by atoms with E-state index in [1.807, 2.05) is 43.3 Å². The predicted octanol–water partition coefficient (Wildman–Crippen LogP) is 2.90. The Morgan fingerprint density at radius 3 is 0.974 bits per heavy atom. The molecule has 0 unspecified atom stereocenters. The van der Waals surface area contributed by atoms with Crippen LogP contribution in [0.2, 0.25) is 0 Å². The normalized spacial score (nSPS) is 11.1.